The van der Waals surface area contributed by atoms with Crippen LogP contribution >= 0.6 is 0 Å². The quantitative estimate of drug-likeness (QED) is 0.152. The first-order valence-electron chi connectivity index (χ1n) is 32.1. The molecule has 0 fully saturated rings. The number of nitrogens with zero attached hydrogens (tertiary/aromatic N) is 5. The first-order chi connectivity index (χ1) is 40.5. The van der Waals surface area contributed by atoms with Gasteiger partial charge in [0.25, 0.3) is 0 Å². The summed E-state index contributed by atoms with van der Waals surface area (Å²) in [6.07, 6.45) is 43.4. The smallest absolute Gasteiger partial charge is 0.115 e. The van der Waals surface area contributed by atoms with Crippen molar-refractivity contribution in [2.45, 2.75) is 248 Å². The van der Waals surface area contributed by atoms with Gasteiger partial charge in [-0.2, -0.15) is 0 Å². The summed E-state index contributed by atoms with van der Waals surface area (Å²) in [6, 6.07) is 36.2. The molecule has 0 N–H and O–H groups in total. The summed E-state index contributed by atoms with van der Waals surface area (Å²) in [5.74, 6) is 0. The van der Waals surface area contributed by atoms with Gasteiger partial charge in [-0.15, -0.1) is 0 Å². The summed E-state index contributed by atoms with van der Waals surface area (Å²) in [6.45, 7) is 64.0. The number of benzene rings is 3. The van der Waals surface area contributed by atoms with Crippen LogP contribution in [-0.4, -0.2) is 24.9 Å². The summed E-state index contributed by atoms with van der Waals surface area (Å²) < 4.78 is 0. The topological polar surface area (TPSA) is 64.5 Å². The van der Waals surface area contributed by atoms with Crippen molar-refractivity contribution < 1.29 is 0 Å². The van der Waals surface area contributed by atoms with Crippen molar-refractivity contribution in [2.24, 2.45) is 0 Å². The van der Waals surface area contributed by atoms with Gasteiger partial charge in [0, 0.05) is 49.6 Å². The Morgan fingerprint density at radius 2 is 0.366 bits per heavy atom. The number of pyridine rings is 1. The largest absolute Gasteiger partial charge is 0.265 e. The lowest BCUT2D eigenvalue weighted by molar-refractivity contribution is 1.17. The number of allylic oxidation sites excluding steroid dienone is 12. The van der Waals surface area contributed by atoms with E-state index in [9.17, 15) is 0 Å². The number of rotatable bonds is 0. The molecule has 82 heavy (non-hydrogen) atoms. The van der Waals surface area contributed by atoms with Crippen LogP contribution in [0.25, 0.3) is 10.8 Å². The maximum atomic E-state index is 3.78. The van der Waals surface area contributed by atoms with Gasteiger partial charge in [-0.3, -0.25) is 15.0 Å². The normalized spacial score (nSPS) is 7.95. The molecule has 0 amide bonds. The van der Waals surface area contributed by atoms with Crippen LogP contribution in [0.3, 0.4) is 0 Å². The van der Waals surface area contributed by atoms with Gasteiger partial charge in [0.15, 0.2) is 0 Å². The molecule has 0 aliphatic heterocycles. The Balaban J connectivity index is -0.0000000407. The Labute approximate surface area is 519 Å². The van der Waals surface area contributed by atoms with Crippen LogP contribution in [0.5, 0.6) is 0 Å². The molecular weight excluding hydrogens is 995 g/mol. The third kappa shape index (κ3) is 152. The second kappa shape index (κ2) is 186. The van der Waals surface area contributed by atoms with Crippen LogP contribution in [-0.2, 0) is 0 Å². The zero-order chi connectivity index (χ0) is 66.4. The number of fused-ring (bicyclic) bond motifs is 1. The fourth-order valence-corrected chi connectivity index (χ4v) is 3.52. The van der Waals surface area contributed by atoms with Gasteiger partial charge in [0.05, 0.1) is 0 Å². The Morgan fingerprint density at radius 3 is 0.463 bits per heavy atom. The van der Waals surface area contributed by atoms with Crippen LogP contribution in [0.1, 0.15) is 248 Å². The van der Waals surface area contributed by atoms with E-state index in [0.717, 1.165) is 19.3 Å². The Kier molecular flexibility index (Phi) is 269. The summed E-state index contributed by atoms with van der Waals surface area (Å²) >= 11 is 0. The molecule has 0 saturated heterocycles. The van der Waals surface area contributed by atoms with Crippen molar-refractivity contribution in [3.63, 3.8) is 0 Å². The SMILES string of the molecule is C.C1=CCC=C1.C1=CCC=C1.C1=CCC=C1.CC.CC.CC.CC.CC.CC.CC.CC.CC.CC.CC.CC.CC.CC.CC.CC.c1ccc2ccccc2c1.c1ccccc1.c1ccncc1.c1cnccn1.c1cncnc1. The summed E-state index contributed by atoms with van der Waals surface area (Å²) in [5, 5.41) is 2.62. The molecule has 3 aliphatic rings. The third-order valence-electron chi connectivity index (χ3n) is 5.81. The lowest BCUT2D eigenvalue weighted by Gasteiger charge is -1.92. The molecule has 9 rings (SSSR count). The monoisotopic (exact) mass is 1140 g/mol. The van der Waals surface area contributed by atoms with Crippen LogP contribution in [0.2, 0.25) is 0 Å². The first kappa shape index (κ1) is 118. The first-order valence-corrected chi connectivity index (χ1v) is 32.1. The van der Waals surface area contributed by atoms with E-state index in [4.69, 9.17) is 0 Å². The van der Waals surface area contributed by atoms with Gasteiger partial charge in [0.1, 0.15) is 6.33 Å². The molecule has 3 aromatic carbocycles. The second-order valence-electron chi connectivity index (χ2n) is 9.60. The van der Waals surface area contributed by atoms with Gasteiger partial charge in [0.2, 0.25) is 0 Å². The second-order valence-corrected chi connectivity index (χ2v) is 9.60. The molecule has 5 nitrogen and oxygen atoms in total. The number of aromatic nitrogens is 5. The van der Waals surface area contributed by atoms with Crippen LogP contribution in [0, 0.1) is 0 Å². The molecule has 0 bridgehead atoms. The van der Waals surface area contributed by atoms with Gasteiger partial charge in [-0.1, -0.05) is 393 Å². The summed E-state index contributed by atoms with van der Waals surface area (Å²) in [7, 11) is 0. The van der Waals surface area contributed by atoms with E-state index in [1.807, 2.05) is 276 Å². The summed E-state index contributed by atoms with van der Waals surface area (Å²) in [5.41, 5.74) is 0. The van der Waals surface area contributed by atoms with Crippen molar-refractivity contribution in [1.29, 1.82) is 0 Å². The van der Waals surface area contributed by atoms with E-state index in [-0.39, 0.29) is 7.43 Å². The van der Waals surface area contributed by atoms with E-state index in [1.54, 1.807) is 55.6 Å². The van der Waals surface area contributed by atoms with Crippen LogP contribution < -0.4 is 0 Å². The molecule has 5 heteroatoms. The van der Waals surface area contributed by atoms with Crippen molar-refractivity contribution in [2.75, 3.05) is 0 Å². The highest BCUT2D eigenvalue weighted by Gasteiger charge is 1.85. The van der Waals surface area contributed by atoms with Crippen molar-refractivity contribution in [1.82, 2.24) is 24.9 Å². The average molecular weight is 1140 g/mol. The van der Waals surface area contributed by atoms with E-state index < -0.39 is 0 Å². The Bertz CT molecular complexity index is 1340. The number of hydrogen-bond donors (Lipinski definition) is 0. The molecule has 0 saturated carbocycles. The van der Waals surface area contributed by atoms with Gasteiger partial charge >= 0.3 is 0 Å². The molecule has 478 valence electrons. The highest BCUT2D eigenvalue weighted by molar-refractivity contribution is 5.82. The highest BCUT2D eigenvalue weighted by atomic mass is 14.8. The Morgan fingerprint density at radius 1 is 0.195 bits per heavy atom. The molecule has 0 atom stereocenters. The molecular formula is C77H145N5. The van der Waals surface area contributed by atoms with Crippen LogP contribution in [0.4, 0.5) is 0 Å². The molecule has 0 unspecified atom stereocenters. The minimum atomic E-state index is 0. The van der Waals surface area contributed by atoms with Crippen molar-refractivity contribution in [3.05, 3.63) is 238 Å². The van der Waals surface area contributed by atoms with E-state index in [1.165, 1.54) is 17.1 Å². The third-order valence-corrected chi connectivity index (χ3v) is 5.81. The van der Waals surface area contributed by atoms with E-state index in [2.05, 4.69) is 146 Å². The average Bonchev–Trinajstić information content (AvgIpc) is 4.53. The lowest BCUT2D eigenvalue weighted by atomic mass is 10.1. The fraction of sp³-hybridized carbons (Fsp3) is 0.468. The van der Waals surface area contributed by atoms with Gasteiger partial charge in [-0.25, -0.2) is 9.97 Å². The Hall–Kier alpha value is -6.33. The molecule has 0 spiro atoms. The minimum Gasteiger partial charge on any atom is -0.265 e. The molecule has 3 aromatic heterocycles. The maximum Gasteiger partial charge on any atom is 0.115 e. The van der Waals surface area contributed by atoms with E-state index >= 15 is 0 Å². The molecule has 3 heterocycles. The standard InChI is InChI=1S/C10H8.C6H6.C5H5N.3C5H6.2C4H4N2.16C2H6.CH4/c1-2-6-10-8-4-3-7-9(10)5-1;2*1-2-4-6-5-3-1;3*1-2-4-5-3-1;1-2-6-4-3-5-1;1-2-5-4-6-3-1;16*1-2;/h1-8H;1-6H;1-5H;3*1-4H,5H2;2*1-4H;16*1-2H3;1H4. The predicted molar refractivity (Wildman–Crippen MR) is 396 cm³/mol. The summed E-state index contributed by atoms with van der Waals surface area (Å²) in [4.78, 5) is 18.6. The fourth-order valence-electron chi connectivity index (χ4n) is 3.52. The number of hydrogen-bond acceptors (Lipinski definition) is 5. The molecule has 3 aliphatic carbocycles. The van der Waals surface area contributed by atoms with E-state index in [0.29, 0.717) is 0 Å². The maximum absolute atomic E-state index is 3.78. The lowest BCUT2D eigenvalue weighted by Crippen LogP contribution is -1.67. The predicted octanol–water partition coefficient (Wildman–Crippen LogP) is 28.1. The molecule has 0 radical (unpaired) electrons. The van der Waals surface area contributed by atoms with Crippen molar-refractivity contribution >= 4 is 10.8 Å². The van der Waals surface area contributed by atoms with Crippen LogP contribution in [0.15, 0.2) is 238 Å². The highest BCUT2D eigenvalue weighted by Crippen LogP contribution is 2.11. The van der Waals surface area contributed by atoms with Crippen molar-refractivity contribution in [3.8, 4) is 0 Å². The minimum absolute atomic E-state index is 0. The van der Waals surface area contributed by atoms with Gasteiger partial charge in [-0.05, 0) is 48.2 Å². The van der Waals surface area contributed by atoms with Gasteiger partial charge < -0.3 is 0 Å². The zero-order valence-electron chi connectivity index (χ0n) is 59.9. The zero-order valence-corrected chi connectivity index (χ0v) is 59.9. The molecule has 6 aromatic rings.